The van der Waals surface area contributed by atoms with Gasteiger partial charge in [0.2, 0.25) is 0 Å². The Kier molecular flexibility index (Phi) is 8.15. The minimum absolute atomic E-state index is 0.327. The Morgan fingerprint density at radius 2 is 1.73 bits per heavy atom. The lowest BCUT2D eigenvalue weighted by Gasteiger charge is -2.10. The Labute approximate surface area is 195 Å². The van der Waals surface area contributed by atoms with E-state index in [9.17, 15) is 14.4 Å². The number of benzene rings is 3. The summed E-state index contributed by atoms with van der Waals surface area (Å²) in [6.45, 7) is 2.23. The van der Waals surface area contributed by atoms with Gasteiger partial charge >= 0.3 is 17.8 Å². The largest absolute Gasteiger partial charge is 0.492 e. The maximum absolute atomic E-state index is 12.2. The molecule has 0 aliphatic carbocycles. The Bertz CT molecular complexity index is 1180. The van der Waals surface area contributed by atoms with Crippen molar-refractivity contribution in [2.75, 3.05) is 11.9 Å². The van der Waals surface area contributed by atoms with Gasteiger partial charge in [0.05, 0.1) is 24.1 Å². The van der Waals surface area contributed by atoms with Crippen LogP contribution in [0.3, 0.4) is 0 Å². The van der Waals surface area contributed by atoms with Crippen LogP contribution in [0.15, 0.2) is 77.9 Å². The van der Waals surface area contributed by atoms with Crippen LogP contribution in [-0.4, -0.2) is 30.6 Å². The van der Waals surface area contributed by atoms with Crippen molar-refractivity contribution in [3.8, 4) is 11.5 Å². The predicted molar refractivity (Wildman–Crippen MR) is 125 cm³/mol. The molecule has 0 saturated heterocycles. The molecule has 2 amide bonds. The van der Waals surface area contributed by atoms with Crippen molar-refractivity contribution in [1.82, 2.24) is 5.43 Å². The minimum Gasteiger partial charge on any atom is -0.492 e. The van der Waals surface area contributed by atoms with Gasteiger partial charge in [-0.3, -0.25) is 9.59 Å². The molecule has 8 nitrogen and oxygen atoms in total. The standard InChI is InChI=1S/C24H20ClN3O5/c1-2-32-21-9-4-3-8-20(21)27-22(29)23(30)28-26-15-16-10-12-19(13-11-16)33-24(31)17-6-5-7-18(25)14-17/h3-15H,2H2,1H3,(H,27,29)(H,28,30)/b26-15+. The second-order valence-corrected chi connectivity index (χ2v) is 6.99. The topological polar surface area (TPSA) is 106 Å². The summed E-state index contributed by atoms with van der Waals surface area (Å²) in [6, 6.07) is 19.6. The Morgan fingerprint density at radius 1 is 0.970 bits per heavy atom. The van der Waals surface area contributed by atoms with Crippen LogP contribution in [-0.2, 0) is 9.59 Å². The lowest BCUT2D eigenvalue weighted by Crippen LogP contribution is -2.32. The molecule has 0 heterocycles. The SMILES string of the molecule is CCOc1ccccc1NC(=O)C(=O)N/N=C/c1ccc(OC(=O)c2cccc(Cl)c2)cc1. The second kappa shape index (κ2) is 11.4. The average molecular weight is 466 g/mol. The lowest BCUT2D eigenvalue weighted by molar-refractivity contribution is -0.136. The number of hydrazone groups is 1. The van der Waals surface area contributed by atoms with Gasteiger partial charge in [-0.15, -0.1) is 0 Å². The Hall–Kier alpha value is -4.17. The zero-order valence-corrected chi connectivity index (χ0v) is 18.3. The van der Waals surface area contributed by atoms with Crippen LogP contribution >= 0.6 is 11.6 Å². The molecule has 9 heteroatoms. The van der Waals surface area contributed by atoms with Gasteiger partial charge in [0.15, 0.2) is 0 Å². The number of halogens is 1. The van der Waals surface area contributed by atoms with Crippen molar-refractivity contribution in [2.24, 2.45) is 5.10 Å². The van der Waals surface area contributed by atoms with Crippen LogP contribution in [0.4, 0.5) is 5.69 Å². The van der Waals surface area contributed by atoms with Crippen LogP contribution in [0, 0.1) is 0 Å². The van der Waals surface area contributed by atoms with Crippen molar-refractivity contribution < 1.29 is 23.9 Å². The fourth-order valence-electron chi connectivity index (χ4n) is 2.65. The molecule has 3 aromatic rings. The molecule has 0 bridgehead atoms. The van der Waals surface area contributed by atoms with Crippen molar-refractivity contribution in [3.05, 3.63) is 88.9 Å². The number of esters is 1. The van der Waals surface area contributed by atoms with E-state index in [0.29, 0.717) is 39.9 Å². The Morgan fingerprint density at radius 3 is 2.45 bits per heavy atom. The first kappa shape index (κ1) is 23.5. The van der Waals surface area contributed by atoms with Gasteiger partial charge in [-0.25, -0.2) is 10.2 Å². The smallest absolute Gasteiger partial charge is 0.343 e. The average Bonchev–Trinajstić information content (AvgIpc) is 2.81. The molecular weight excluding hydrogens is 446 g/mol. The van der Waals surface area contributed by atoms with Crippen LogP contribution in [0.5, 0.6) is 11.5 Å². The molecule has 0 aliphatic heterocycles. The summed E-state index contributed by atoms with van der Waals surface area (Å²) in [5.41, 5.74) is 3.48. The highest BCUT2D eigenvalue weighted by molar-refractivity contribution is 6.39. The predicted octanol–water partition coefficient (Wildman–Crippen LogP) is 4.05. The number of amides is 2. The van der Waals surface area contributed by atoms with Gasteiger partial charge in [-0.05, 0) is 67.1 Å². The van der Waals surface area contributed by atoms with E-state index in [0.717, 1.165) is 0 Å². The summed E-state index contributed by atoms with van der Waals surface area (Å²) in [5, 5.41) is 6.69. The summed E-state index contributed by atoms with van der Waals surface area (Å²) in [6.07, 6.45) is 1.35. The number of nitrogens with zero attached hydrogens (tertiary/aromatic N) is 1. The number of carbonyl (C=O) groups excluding carboxylic acids is 3. The number of para-hydroxylation sites is 2. The van der Waals surface area contributed by atoms with Crippen LogP contribution in [0.25, 0.3) is 0 Å². The van der Waals surface area contributed by atoms with Gasteiger partial charge in [0, 0.05) is 5.02 Å². The fraction of sp³-hybridized carbons (Fsp3) is 0.0833. The number of rotatable bonds is 7. The molecule has 3 rings (SSSR count). The molecule has 0 radical (unpaired) electrons. The molecule has 0 fully saturated rings. The van der Waals surface area contributed by atoms with E-state index in [1.807, 2.05) is 6.92 Å². The molecule has 0 unspecified atom stereocenters. The van der Waals surface area contributed by atoms with E-state index < -0.39 is 17.8 Å². The van der Waals surface area contributed by atoms with E-state index in [1.54, 1.807) is 66.7 Å². The van der Waals surface area contributed by atoms with Crippen molar-refractivity contribution in [1.29, 1.82) is 0 Å². The minimum atomic E-state index is -0.940. The fourth-order valence-corrected chi connectivity index (χ4v) is 2.84. The number of anilines is 1. The number of nitrogens with one attached hydrogen (secondary N) is 2. The zero-order valence-electron chi connectivity index (χ0n) is 17.6. The molecule has 2 N–H and O–H groups in total. The number of carbonyl (C=O) groups is 3. The van der Waals surface area contributed by atoms with Crippen LogP contribution < -0.4 is 20.2 Å². The molecule has 0 spiro atoms. The summed E-state index contributed by atoms with van der Waals surface area (Å²) < 4.78 is 10.7. The highest BCUT2D eigenvalue weighted by Gasteiger charge is 2.15. The molecule has 0 atom stereocenters. The van der Waals surface area contributed by atoms with E-state index >= 15 is 0 Å². The number of ether oxygens (including phenoxy) is 2. The van der Waals surface area contributed by atoms with E-state index in [-0.39, 0.29) is 0 Å². The summed E-state index contributed by atoms with van der Waals surface area (Å²) in [5.74, 6) is -1.58. The third-order valence-corrected chi connectivity index (χ3v) is 4.41. The lowest BCUT2D eigenvalue weighted by atomic mass is 10.2. The normalized spacial score (nSPS) is 10.5. The first-order chi connectivity index (χ1) is 16.0. The molecule has 0 aliphatic rings. The first-order valence-corrected chi connectivity index (χ1v) is 10.3. The zero-order chi connectivity index (χ0) is 23.6. The van der Waals surface area contributed by atoms with Gasteiger partial charge < -0.3 is 14.8 Å². The van der Waals surface area contributed by atoms with E-state index in [1.165, 1.54) is 12.3 Å². The second-order valence-electron chi connectivity index (χ2n) is 6.55. The van der Waals surface area contributed by atoms with E-state index in [2.05, 4.69) is 15.8 Å². The van der Waals surface area contributed by atoms with Crippen molar-refractivity contribution in [2.45, 2.75) is 6.92 Å². The molecule has 0 aromatic heterocycles. The van der Waals surface area contributed by atoms with Gasteiger partial charge in [0.25, 0.3) is 0 Å². The highest BCUT2D eigenvalue weighted by atomic mass is 35.5. The summed E-state index contributed by atoms with van der Waals surface area (Å²) in [4.78, 5) is 36.2. The third kappa shape index (κ3) is 6.91. The summed E-state index contributed by atoms with van der Waals surface area (Å²) >= 11 is 5.88. The van der Waals surface area contributed by atoms with Crippen LogP contribution in [0.1, 0.15) is 22.8 Å². The molecule has 3 aromatic carbocycles. The van der Waals surface area contributed by atoms with Crippen molar-refractivity contribution in [3.63, 3.8) is 0 Å². The van der Waals surface area contributed by atoms with Gasteiger partial charge in [-0.2, -0.15) is 5.10 Å². The maximum Gasteiger partial charge on any atom is 0.343 e. The molecular formula is C24H20ClN3O5. The molecule has 33 heavy (non-hydrogen) atoms. The first-order valence-electron chi connectivity index (χ1n) is 9.90. The van der Waals surface area contributed by atoms with E-state index in [4.69, 9.17) is 21.1 Å². The van der Waals surface area contributed by atoms with Gasteiger partial charge in [0.1, 0.15) is 11.5 Å². The Balaban J connectivity index is 1.52. The highest BCUT2D eigenvalue weighted by Crippen LogP contribution is 2.23. The summed E-state index contributed by atoms with van der Waals surface area (Å²) in [7, 11) is 0. The molecule has 0 saturated carbocycles. The monoisotopic (exact) mass is 465 g/mol. The molecule has 168 valence electrons. The van der Waals surface area contributed by atoms with Crippen LogP contribution in [0.2, 0.25) is 5.02 Å². The number of hydrogen-bond donors (Lipinski definition) is 2. The maximum atomic E-state index is 12.2. The third-order valence-electron chi connectivity index (χ3n) is 4.17. The van der Waals surface area contributed by atoms with Gasteiger partial charge in [-0.1, -0.05) is 29.8 Å². The quantitative estimate of drug-likeness (QED) is 0.180. The number of hydrogen-bond acceptors (Lipinski definition) is 6. The van der Waals surface area contributed by atoms with Crippen molar-refractivity contribution >= 4 is 41.3 Å².